The van der Waals surface area contributed by atoms with Gasteiger partial charge in [-0.15, -0.1) is 0 Å². The van der Waals surface area contributed by atoms with Crippen molar-refractivity contribution in [3.05, 3.63) is 29.8 Å². The molecule has 2 rings (SSSR count). The van der Waals surface area contributed by atoms with Crippen LogP contribution in [0.25, 0.3) is 0 Å². The summed E-state index contributed by atoms with van der Waals surface area (Å²) in [5.41, 5.74) is 1.07. The molecule has 0 radical (unpaired) electrons. The van der Waals surface area contributed by atoms with E-state index in [2.05, 4.69) is 12.2 Å². The zero-order chi connectivity index (χ0) is 15.2. The van der Waals surface area contributed by atoms with E-state index in [-0.39, 0.29) is 18.1 Å². The second kappa shape index (κ2) is 7.43. The molecule has 1 aliphatic rings. The van der Waals surface area contributed by atoms with E-state index < -0.39 is 0 Å². The van der Waals surface area contributed by atoms with Gasteiger partial charge in [-0.1, -0.05) is 25.5 Å². The summed E-state index contributed by atoms with van der Waals surface area (Å²) in [6.07, 6.45) is 1.87. The minimum absolute atomic E-state index is 0.0879. The molecule has 116 valence electrons. The van der Waals surface area contributed by atoms with E-state index in [0.29, 0.717) is 13.2 Å². The Bertz CT molecular complexity index is 455. The largest absolute Gasteiger partial charge is 0.497 e. The van der Waals surface area contributed by atoms with Gasteiger partial charge in [-0.25, -0.2) is 0 Å². The van der Waals surface area contributed by atoms with Gasteiger partial charge in [-0.2, -0.15) is 0 Å². The number of nitrogens with zero attached hydrogens (tertiary/aromatic N) is 1. The van der Waals surface area contributed by atoms with Crippen LogP contribution in [0.3, 0.4) is 0 Å². The Kier molecular flexibility index (Phi) is 5.59. The summed E-state index contributed by atoms with van der Waals surface area (Å²) >= 11 is 0. The van der Waals surface area contributed by atoms with Crippen molar-refractivity contribution in [3.63, 3.8) is 0 Å². The average Bonchev–Trinajstić information content (AvgIpc) is 2.89. The third-order valence-corrected chi connectivity index (χ3v) is 3.82. The van der Waals surface area contributed by atoms with Crippen LogP contribution in [0.1, 0.15) is 31.5 Å². The predicted octanol–water partition coefficient (Wildman–Crippen LogP) is 1.94. The monoisotopic (exact) mass is 292 g/mol. The van der Waals surface area contributed by atoms with E-state index in [9.17, 15) is 4.79 Å². The summed E-state index contributed by atoms with van der Waals surface area (Å²) in [4.78, 5) is 14.2. The molecule has 1 saturated heterocycles. The van der Waals surface area contributed by atoms with Crippen molar-refractivity contribution in [2.24, 2.45) is 0 Å². The SMILES string of the molecule is CCCC(COC)N1C(=O)CNC1c1ccc(OC)cc1. The van der Waals surface area contributed by atoms with E-state index in [1.807, 2.05) is 29.2 Å². The molecule has 0 aliphatic carbocycles. The molecule has 1 amide bonds. The second-order valence-electron chi connectivity index (χ2n) is 5.26. The normalized spacial score (nSPS) is 19.9. The highest BCUT2D eigenvalue weighted by atomic mass is 16.5. The van der Waals surface area contributed by atoms with Crippen LogP contribution in [-0.2, 0) is 9.53 Å². The number of nitrogens with one attached hydrogen (secondary N) is 1. The van der Waals surface area contributed by atoms with Crippen LogP contribution in [0, 0.1) is 0 Å². The van der Waals surface area contributed by atoms with Gasteiger partial charge in [0.15, 0.2) is 0 Å². The summed E-state index contributed by atoms with van der Waals surface area (Å²) in [6.45, 7) is 3.06. The van der Waals surface area contributed by atoms with Crippen molar-refractivity contribution in [3.8, 4) is 5.75 Å². The molecular formula is C16H24N2O3. The van der Waals surface area contributed by atoms with Crippen LogP contribution < -0.4 is 10.1 Å². The van der Waals surface area contributed by atoms with Crippen molar-refractivity contribution in [1.29, 1.82) is 0 Å². The number of methoxy groups -OCH3 is 2. The fourth-order valence-electron chi connectivity index (χ4n) is 2.83. The molecular weight excluding hydrogens is 268 g/mol. The van der Waals surface area contributed by atoms with Crippen molar-refractivity contribution >= 4 is 5.91 Å². The molecule has 0 bridgehead atoms. The van der Waals surface area contributed by atoms with Gasteiger partial charge in [0.2, 0.25) is 5.91 Å². The van der Waals surface area contributed by atoms with Crippen molar-refractivity contribution in [2.45, 2.75) is 32.0 Å². The van der Waals surface area contributed by atoms with Gasteiger partial charge in [0.25, 0.3) is 0 Å². The standard InChI is InChI=1S/C16H24N2O3/c1-4-5-13(11-20-2)18-15(19)10-17-16(18)12-6-8-14(21-3)9-7-12/h6-9,13,16-17H,4-5,10-11H2,1-3H3. The molecule has 1 fully saturated rings. The fourth-order valence-corrected chi connectivity index (χ4v) is 2.83. The highest BCUT2D eigenvalue weighted by molar-refractivity contribution is 5.81. The third kappa shape index (κ3) is 3.54. The van der Waals surface area contributed by atoms with Crippen molar-refractivity contribution in [2.75, 3.05) is 27.4 Å². The number of benzene rings is 1. The first kappa shape index (κ1) is 15.8. The maximum Gasteiger partial charge on any atom is 0.238 e. The second-order valence-corrected chi connectivity index (χ2v) is 5.26. The number of hydrogen-bond donors (Lipinski definition) is 1. The Labute approximate surface area is 126 Å². The molecule has 1 aliphatic heterocycles. The van der Waals surface area contributed by atoms with Crippen molar-refractivity contribution < 1.29 is 14.3 Å². The molecule has 2 unspecified atom stereocenters. The zero-order valence-corrected chi connectivity index (χ0v) is 13.0. The molecule has 1 aromatic rings. The summed E-state index contributed by atoms with van der Waals surface area (Å²) in [7, 11) is 3.33. The number of carbonyl (C=O) groups is 1. The lowest BCUT2D eigenvalue weighted by atomic mass is 10.1. The maximum absolute atomic E-state index is 12.3. The van der Waals surface area contributed by atoms with Crippen LogP contribution in [0.15, 0.2) is 24.3 Å². The number of amides is 1. The smallest absolute Gasteiger partial charge is 0.238 e. The minimum atomic E-state index is -0.0879. The number of ether oxygens (including phenoxy) is 2. The molecule has 21 heavy (non-hydrogen) atoms. The topological polar surface area (TPSA) is 50.8 Å². The van der Waals surface area contributed by atoms with Gasteiger partial charge in [0.05, 0.1) is 26.3 Å². The Morgan fingerprint density at radius 1 is 1.33 bits per heavy atom. The Balaban J connectivity index is 2.21. The molecule has 1 N–H and O–H groups in total. The summed E-state index contributed by atoms with van der Waals surface area (Å²) in [5, 5.41) is 3.29. The van der Waals surface area contributed by atoms with Gasteiger partial charge < -0.3 is 14.4 Å². The predicted molar refractivity (Wildman–Crippen MR) is 81.2 cm³/mol. The summed E-state index contributed by atoms with van der Waals surface area (Å²) in [6, 6.07) is 7.94. The van der Waals surface area contributed by atoms with E-state index in [1.165, 1.54) is 0 Å². The molecule has 5 heteroatoms. The van der Waals surface area contributed by atoms with Crippen LogP contribution >= 0.6 is 0 Å². The first-order valence-corrected chi connectivity index (χ1v) is 7.38. The number of carbonyl (C=O) groups excluding carboxylic acids is 1. The molecule has 5 nitrogen and oxygen atoms in total. The van der Waals surface area contributed by atoms with E-state index >= 15 is 0 Å². The van der Waals surface area contributed by atoms with E-state index in [1.54, 1.807) is 14.2 Å². The van der Waals surface area contributed by atoms with Crippen LogP contribution in [-0.4, -0.2) is 44.2 Å². The highest BCUT2D eigenvalue weighted by Gasteiger charge is 2.36. The number of rotatable bonds is 7. The van der Waals surface area contributed by atoms with Gasteiger partial charge >= 0.3 is 0 Å². The Morgan fingerprint density at radius 3 is 2.62 bits per heavy atom. The van der Waals surface area contributed by atoms with E-state index in [4.69, 9.17) is 9.47 Å². The van der Waals surface area contributed by atoms with Gasteiger partial charge in [0.1, 0.15) is 11.9 Å². The Hall–Kier alpha value is -1.59. The van der Waals surface area contributed by atoms with Crippen molar-refractivity contribution in [1.82, 2.24) is 10.2 Å². The lowest BCUT2D eigenvalue weighted by Crippen LogP contribution is -2.42. The fraction of sp³-hybridized carbons (Fsp3) is 0.562. The van der Waals surface area contributed by atoms with Crippen LogP contribution in [0.2, 0.25) is 0 Å². The van der Waals surface area contributed by atoms with Gasteiger partial charge in [0, 0.05) is 7.11 Å². The maximum atomic E-state index is 12.3. The highest BCUT2D eigenvalue weighted by Crippen LogP contribution is 2.28. The molecule has 0 spiro atoms. The Morgan fingerprint density at radius 2 is 2.05 bits per heavy atom. The van der Waals surface area contributed by atoms with E-state index in [0.717, 1.165) is 24.2 Å². The molecule has 1 heterocycles. The first-order valence-electron chi connectivity index (χ1n) is 7.38. The van der Waals surface area contributed by atoms with Crippen LogP contribution in [0.4, 0.5) is 0 Å². The summed E-state index contributed by atoms with van der Waals surface area (Å²) in [5.74, 6) is 0.947. The van der Waals surface area contributed by atoms with Crippen LogP contribution in [0.5, 0.6) is 5.75 Å². The quantitative estimate of drug-likeness (QED) is 0.834. The average molecular weight is 292 g/mol. The molecule has 0 aromatic heterocycles. The first-order chi connectivity index (χ1) is 10.2. The molecule has 2 atom stereocenters. The molecule has 0 saturated carbocycles. The lowest BCUT2D eigenvalue weighted by Gasteiger charge is -2.32. The van der Waals surface area contributed by atoms with Gasteiger partial charge in [-0.3, -0.25) is 10.1 Å². The molecule has 1 aromatic carbocycles. The van der Waals surface area contributed by atoms with Gasteiger partial charge in [-0.05, 0) is 24.1 Å². The zero-order valence-electron chi connectivity index (χ0n) is 13.0. The number of hydrogen-bond acceptors (Lipinski definition) is 4. The lowest BCUT2D eigenvalue weighted by molar-refractivity contribution is -0.131. The minimum Gasteiger partial charge on any atom is -0.497 e. The third-order valence-electron chi connectivity index (χ3n) is 3.82. The summed E-state index contributed by atoms with van der Waals surface area (Å²) < 4.78 is 10.5.